The minimum absolute atomic E-state index is 0.0927. The van der Waals surface area contributed by atoms with Gasteiger partial charge in [-0.1, -0.05) is 18.2 Å². The molecule has 0 aliphatic rings. The van der Waals surface area contributed by atoms with Crippen LogP contribution in [0.15, 0.2) is 42.6 Å². The van der Waals surface area contributed by atoms with E-state index in [0.717, 1.165) is 12.2 Å². The first-order valence-corrected chi connectivity index (χ1v) is 6.87. The lowest BCUT2D eigenvalue weighted by molar-refractivity contribution is 0.603. The molecular weight excluding hydrogens is 242 g/mol. The molecule has 0 radical (unpaired) electrons. The van der Waals surface area contributed by atoms with Crippen molar-refractivity contribution in [2.45, 2.75) is 19.5 Å². The predicted octanol–water partition coefficient (Wildman–Crippen LogP) is 3.17. The Morgan fingerprint density at radius 3 is 2.94 bits per heavy atom. The van der Waals surface area contributed by atoms with E-state index in [-0.39, 0.29) is 6.04 Å². The van der Waals surface area contributed by atoms with Gasteiger partial charge in [-0.15, -0.1) is 11.3 Å². The van der Waals surface area contributed by atoms with E-state index in [9.17, 15) is 0 Å². The molecule has 2 aromatic heterocycles. The van der Waals surface area contributed by atoms with Gasteiger partial charge >= 0.3 is 0 Å². The summed E-state index contributed by atoms with van der Waals surface area (Å²) in [6.45, 7) is 2.93. The fourth-order valence-electron chi connectivity index (χ4n) is 2.17. The first kappa shape index (κ1) is 11.4. The van der Waals surface area contributed by atoms with E-state index in [4.69, 9.17) is 5.73 Å². The van der Waals surface area contributed by atoms with E-state index in [0.29, 0.717) is 0 Å². The summed E-state index contributed by atoms with van der Waals surface area (Å²) in [7, 11) is 0. The Morgan fingerprint density at radius 2 is 2.17 bits per heavy atom. The van der Waals surface area contributed by atoms with Crippen LogP contribution in [0.4, 0.5) is 0 Å². The standard InChI is InChI=1S/C14H15N3S/c1-2-17-11(7-8-16-17)14(15)13-9-10-5-3-4-6-12(10)18-13/h3-9,14H,2,15H2,1H3. The van der Waals surface area contributed by atoms with Crippen LogP contribution < -0.4 is 5.73 Å². The van der Waals surface area contributed by atoms with Crippen molar-refractivity contribution < 1.29 is 0 Å². The minimum atomic E-state index is -0.0927. The number of hydrogen-bond acceptors (Lipinski definition) is 3. The van der Waals surface area contributed by atoms with Gasteiger partial charge in [0.15, 0.2) is 0 Å². The maximum absolute atomic E-state index is 6.35. The van der Waals surface area contributed by atoms with Crippen LogP contribution in [0, 0.1) is 0 Å². The van der Waals surface area contributed by atoms with Crippen LogP contribution in [0.2, 0.25) is 0 Å². The molecule has 2 heterocycles. The molecule has 3 rings (SSSR count). The van der Waals surface area contributed by atoms with Crippen molar-refractivity contribution in [1.82, 2.24) is 9.78 Å². The van der Waals surface area contributed by atoms with Crippen molar-refractivity contribution in [2.75, 3.05) is 0 Å². The van der Waals surface area contributed by atoms with Gasteiger partial charge in [0.05, 0.1) is 11.7 Å². The van der Waals surface area contributed by atoms with Crippen LogP contribution >= 0.6 is 11.3 Å². The van der Waals surface area contributed by atoms with Crippen LogP contribution in [0.5, 0.6) is 0 Å². The topological polar surface area (TPSA) is 43.8 Å². The smallest absolute Gasteiger partial charge is 0.0817 e. The summed E-state index contributed by atoms with van der Waals surface area (Å²) in [6.07, 6.45) is 1.81. The Hall–Kier alpha value is -1.65. The van der Waals surface area contributed by atoms with E-state index in [1.54, 1.807) is 11.3 Å². The second kappa shape index (κ2) is 4.55. The van der Waals surface area contributed by atoms with Crippen molar-refractivity contribution >= 4 is 21.4 Å². The molecule has 1 atom stereocenters. The van der Waals surface area contributed by atoms with Gasteiger partial charge in [0.2, 0.25) is 0 Å². The normalized spacial score (nSPS) is 13.0. The Kier molecular flexibility index (Phi) is 2.89. The van der Waals surface area contributed by atoms with Gasteiger partial charge in [0.1, 0.15) is 0 Å². The number of nitrogens with zero attached hydrogens (tertiary/aromatic N) is 2. The molecular formula is C14H15N3S. The highest BCUT2D eigenvalue weighted by Crippen LogP contribution is 2.31. The van der Waals surface area contributed by atoms with Crippen LogP contribution in [-0.4, -0.2) is 9.78 Å². The van der Waals surface area contributed by atoms with Crippen molar-refractivity contribution in [2.24, 2.45) is 5.73 Å². The monoisotopic (exact) mass is 257 g/mol. The molecule has 1 unspecified atom stereocenters. The Morgan fingerprint density at radius 1 is 1.33 bits per heavy atom. The Balaban J connectivity index is 2.03. The number of thiophene rings is 1. The number of hydrogen-bond donors (Lipinski definition) is 1. The third-order valence-corrected chi connectivity index (χ3v) is 4.32. The molecule has 92 valence electrons. The highest BCUT2D eigenvalue weighted by atomic mass is 32.1. The van der Waals surface area contributed by atoms with Crippen molar-refractivity contribution in [3.63, 3.8) is 0 Å². The molecule has 1 aromatic carbocycles. The van der Waals surface area contributed by atoms with E-state index in [1.807, 2.05) is 16.9 Å². The second-order valence-corrected chi connectivity index (χ2v) is 5.35. The van der Waals surface area contributed by atoms with Gasteiger partial charge in [-0.3, -0.25) is 4.68 Å². The van der Waals surface area contributed by atoms with Crippen LogP contribution in [0.3, 0.4) is 0 Å². The van der Waals surface area contributed by atoms with Gasteiger partial charge < -0.3 is 5.73 Å². The van der Waals surface area contributed by atoms with E-state index in [1.165, 1.54) is 15.0 Å². The SMILES string of the molecule is CCn1nccc1C(N)c1cc2ccccc2s1. The predicted molar refractivity (Wildman–Crippen MR) is 75.8 cm³/mol. The fraction of sp³-hybridized carbons (Fsp3) is 0.214. The van der Waals surface area contributed by atoms with Gasteiger partial charge in [0, 0.05) is 22.3 Å². The number of fused-ring (bicyclic) bond motifs is 1. The maximum Gasteiger partial charge on any atom is 0.0817 e. The van der Waals surface area contributed by atoms with Gasteiger partial charge in [-0.25, -0.2) is 0 Å². The summed E-state index contributed by atoms with van der Waals surface area (Å²) in [5, 5.41) is 5.54. The van der Waals surface area contributed by atoms with Gasteiger partial charge in [-0.2, -0.15) is 5.10 Å². The molecule has 0 aliphatic carbocycles. The third-order valence-electron chi connectivity index (χ3n) is 3.12. The first-order chi connectivity index (χ1) is 8.79. The van der Waals surface area contributed by atoms with Crippen LogP contribution in [-0.2, 0) is 6.54 Å². The molecule has 0 fully saturated rings. The maximum atomic E-state index is 6.35. The van der Waals surface area contributed by atoms with Crippen molar-refractivity contribution in [3.8, 4) is 0 Å². The molecule has 2 N–H and O–H groups in total. The first-order valence-electron chi connectivity index (χ1n) is 6.05. The zero-order valence-corrected chi connectivity index (χ0v) is 11.0. The average Bonchev–Trinajstić information content (AvgIpc) is 3.03. The molecule has 3 aromatic rings. The fourth-order valence-corrected chi connectivity index (χ4v) is 3.25. The van der Waals surface area contributed by atoms with Crippen molar-refractivity contribution in [1.29, 1.82) is 0 Å². The highest BCUT2D eigenvalue weighted by Gasteiger charge is 2.15. The molecule has 0 saturated carbocycles. The number of nitrogens with two attached hydrogens (primary N) is 1. The number of rotatable bonds is 3. The molecule has 4 heteroatoms. The van der Waals surface area contributed by atoms with Crippen LogP contribution in [0.25, 0.3) is 10.1 Å². The number of benzene rings is 1. The molecule has 18 heavy (non-hydrogen) atoms. The quantitative estimate of drug-likeness (QED) is 0.783. The van der Waals surface area contributed by atoms with Crippen LogP contribution in [0.1, 0.15) is 23.5 Å². The summed E-state index contributed by atoms with van der Waals surface area (Å²) in [5.74, 6) is 0. The molecule has 0 aliphatic heterocycles. The van der Waals surface area contributed by atoms with E-state index < -0.39 is 0 Å². The Bertz CT molecular complexity index is 635. The largest absolute Gasteiger partial charge is 0.318 e. The zero-order valence-electron chi connectivity index (χ0n) is 10.2. The summed E-state index contributed by atoms with van der Waals surface area (Å²) in [6, 6.07) is 12.5. The summed E-state index contributed by atoms with van der Waals surface area (Å²) in [4.78, 5) is 1.19. The lowest BCUT2D eigenvalue weighted by Crippen LogP contribution is -2.15. The molecule has 0 bridgehead atoms. The number of aryl methyl sites for hydroxylation is 1. The summed E-state index contributed by atoms with van der Waals surface area (Å²) >= 11 is 1.76. The lowest BCUT2D eigenvalue weighted by atomic mass is 10.1. The average molecular weight is 257 g/mol. The lowest BCUT2D eigenvalue weighted by Gasteiger charge is -2.11. The van der Waals surface area contributed by atoms with Crippen molar-refractivity contribution in [3.05, 3.63) is 53.2 Å². The summed E-state index contributed by atoms with van der Waals surface area (Å²) < 4.78 is 3.24. The molecule has 3 nitrogen and oxygen atoms in total. The molecule has 0 spiro atoms. The Labute approximate surface area is 110 Å². The van der Waals surface area contributed by atoms with Gasteiger partial charge in [-0.05, 0) is 30.5 Å². The van der Waals surface area contributed by atoms with Gasteiger partial charge in [0.25, 0.3) is 0 Å². The highest BCUT2D eigenvalue weighted by molar-refractivity contribution is 7.19. The zero-order chi connectivity index (χ0) is 12.5. The number of aromatic nitrogens is 2. The minimum Gasteiger partial charge on any atom is -0.318 e. The third kappa shape index (κ3) is 1.83. The summed E-state index contributed by atoms with van der Waals surface area (Å²) in [5.41, 5.74) is 7.42. The molecule has 0 saturated heterocycles. The second-order valence-electron chi connectivity index (χ2n) is 4.24. The van der Waals surface area contributed by atoms with E-state index in [2.05, 4.69) is 42.4 Å². The van der Waals surface area contributed by atoms with E-state index >= 15 is 0 Å². The molecule has 0 amide bonds.